The van der Waals surface area contributed by atoms with Gasteiger partial charge in [-0.2, -0.15) is 0 Å². The molecule has 0 saturated carbocycles. The van der Waals surface area contributed by atoms with Crippen LogP contribution in [0.4, 0.5) is 5.69 Å². The van der Waals surface area contributed by atoms with Crippen LogP contribution in [0.25, 0.3) is 0 Å². The first kappa shape index (κ1) is 17.0. The van der Waals surface area contributed by atoms with Gasteiger partial charge in [0.25, 0.3) is 0 Å². The molecular weight excluding hydrogens is 318 g/mol. The number of hydrogen-bond donors (Lipinski definition) is 1. The standard InChI is InChI=1S/C17H16ClNO4/c1-4-23-17(22)11-6-5-7-12(8-11)19-14-13(18)15(20)9(2)10(3)16(14)21/h5-8,19H,4H2,1-3H3. The summed E-state index contributed by atoms with van der Waals surface area (Å²) in [5.41, 5.74) is 1.51. The Labute approximate surface area is 139 Å². The average molecular weight is 334 g/mol. The Morgan fingerprint density at radius 3 is 2.48 bits per heavy atom. The van der Waals surface area contributed by atoms with E-state index < -0.39 is 5.97 Å². The quantitative estimate of drug-likeness (QED) is 0.676. The van der Waals surface area contributed by atoms with Crippen molar-refractivity contribution in [3.05, 3.63) is 51.7 Å². The predicted molar refractivity (Wildman–Crippen MR) is 87.3 cm³/mol. The van der Waals surface area contributed by atoms with Crippen molar-refractivity contribution in [1.82, 2.24) is 0 Å². The van der Waals surface area contributed by atoms with E-state index >= 15 is 0 Å². The molecule has 1 aromatic carbocycles. The molecule has 1 aromatic rings. The van der Waals surface area contributed by atoms with Gasteiger partial charge in [0.05, 0.1) is 12.2 Å². The maximum absolute atomic E-state index is 12.3. The molecule has 5 nitrogen and oxygen atoms in total. The van der Waals surface area contributed by atoms with Gasteiger partial charge in [-0.05, 0) is 39.0 Å². The van der Waals surface area contributed by atoms with Crippen molar-refractivity contribution in [3.63, 3.8) is 0 Å². The van der Waals surface area contributed by atoms with Gasteiger partial charge >= 0.3 is 5.97 Å². The number of anilines is 1. The molecule has 0 amide bonds. The molecule has 0 atom stereocenters. The van der Waals surface area contributed by atoms with E-state index in [-0.39, 0.29) is 28.9 Å². The van der Waals surface area contributed by atoms with Crippen LogP contribution in [0.5, 0.6) is 0 Å². The van der Waals surface area contributed by atoms with Gasteiger partial charge in [-0.3, -0.25) is 9.59 Å². The van der Waals surface area contributed by atoms with E-state index in [2.05, 4.69) is 5.32 Å². The maximum atomic E-state index is 12.3. The van der Waals surface area contributed by atoms with E-state index in [0.29, 0.717) is 22.4 Å². The first-order chi connectivity index (χ1) is 10.9. The second-order valence-electron chi connectivity index (χ2n) is 5.02. The van der Waals surface area contributed by atoms with Crippen molar-refractivity contribution in [2.45, 2.75) is 20.8 Å². The summed E-state index contributed by atoms with van der Waals surface area (Å²) in [6.07, 6.45) is 0. The van der Waals surface area contributed by atoms with Crippen molar-refractivity contribution >= 4 is 34.8 Å². The van der Waals surface area contributed by atoms with Crippen LogP contribution in [0.3, 0.4) is 0 Å². The van der Waals surface area contributed by atoms with Gasteiger partial charge in [-0.15, -0.1) is 0 Å². The van der Waals surface area contributed by atoms with Crippen molar-refractivity contribution in [1.29, 1.82) is 0 Å². The number of ether oxygens (including phenoxy) is 1. The zero-order valence-corrected chi connectivity index (χ0v) is 13.8. The molecule has 120 valence electrons. The Bertz CT molecular complexity index is 762. The molecule has 0 radical (unpaired) electrons. The summed E-state index contributed by atoms with van der Waals surface area (Å²) in [4.78, 5) is 36.1. The average Bonchev–Trinajstić information content (AvgIpc) is 2.55. The Morgan fingerprint density at radius 1 is 1.17 bits per heavy atom. The third-order valence-electron chi connectivity index (χ3n) is 3.53. The summed E-state index contributed by atoms with van der Waals surface area (Å²) in [5.74, 6) is -1.18. The molecule has 2 rings (SSSR count). The summed E-state index contributed by atoms with van der Waals surface area (Å²) in [6.45, 7) is 5.13. The molecule has 1 aliphatic rings. The lowest BCUT2D eigenvalue weighted by Gasteiger charge is -2.18. The second kappa shape index (κ2) is 6.79. The third-order valence-corrected chi connectivity index (χ3v) is 3.89. The van der Waals surface area contributed by atoms with Crippen molar-refractivity contribution < 1.29 is 19.1 Å². The van der Waals surface area contributed by atoms with Crippen molar-refractivity contribution in [2.24, 2.45) is 0 Å². The van der Waals surface area contributed by atoms with Gasteiger partial charge in [0.1, 0.15) is 10.7 Å². The van der Waals surface area contributed by atoms with Gasteiger partial charge in [-0.25, -0.2) is 4.79 Å². The number of halogens is 1. The number of allylic oxidation sites excluding steroid dienone is 3. The number of nitrogens with one attached hydrogen (secondary N) is 1. The minimum atomic E-state index is -0.464. The largest absolute Gasteiger partial charge is 0.462 e. The lowest BCUT2D eigenvalue weighted by atomic mass is 9.94. The van der Waals surface area contributed by atoms with Crippen LogP contribution in [0, 0.1) is 0 Å². The lowest BCUT2D eigenvalue weighted by molar-refractivity contribution is -0.116. The number of benzene rings is 1. The molecule has 0 bridgehead atoms. The van der Waals surface area contributed by atoms with E-state index in [9.17, 15) is 14.4 Å². The molecule has 23 heavy (non-hydrogen) atoms. The highest BCUT2D eigenvalue weighted by Gasteiger charge is 2.29. The van der Waals surface area contributed by atoms with Crippen LogP contribution in [-0.4, -0.2) is 24.1 Å². The first-order valence-electron chi connectivity index (χ1n) is 7.07. The summed E-state index contributed by atoms with van der Waals surface area (Å²) in [7, 11) is 0. The zero-order valence-electron chi connectivity index (χ0n) is 13.0. The summed E-state index contributed by atoms with van der Waals surface area (Å²) in [5, 5.41) is 2.68. The highest BCUT2D eigenvalue weighted by molar-refractivity contribution is 6.49. The second-order valence-corrected chi connectivity index (χ2v) is 5.40. The van der Waals surface area contributed by atoms with E-state index in [4.69, 9.17) is 16.3 Å². The van der Waals surface area contributed by atoms with Crippen LogP contribution in [-0.2, 0) is 14.3 Å². The molecule has 6 heteroatoms. The molecule has 0 unspecified atom stereocenters. The smallest absolute Gasteiger partial charge is 0.338 e. The van der Waals surface area contributed by atoms with E-state index in [1.54, 1.807) is 39.0 Å². The van der Waals surface area contributed by atoms with Gasteiger partial charge in [0, 0.05) is 16.8 Å². The Morgan fingerprint density at radius 2 is 1.83 bits per heavy atom. The minimum absolute atomic E-state index is 0.0146. The van der Waals surface area contributed by atoms with Crippen LogP contribution in [0.1, 0.15) is 31.1 Å². The molecule has 0 saturated heterocycles. The molecule has 0 heterocycles. The number of rotatable bonds is 4. The van der Waals surface area contributed by atoms with Crippen LogP contribution in [0.15, 0.2) is 46.1 Å². The highest BCUT2D eigenvalue weighted by Crippen LogP contribution is 2.28. The topological polar surface area (TPSA) is 72.5 Å². The minimum Gasteiger partial charge on any atom is -0.462 e. The number of esters is 1. The fraction of sp³-hybridized carbons (Fsp3) is 0.235. The van der Waals surface area contributed by atoms with E-state index in [1.165, 1.54) is 6.07 Å². The normalized spacial score (nSPS) is 15.1. The Kier molecular flexibility index (Phi) is 5.01. The summed E-state index contributed by atoms with van der Waals surface area (Å²) >= 11 is 6.01. The molecule has 0 aliphatic heterocycles. The Balaban J connectivity index is 2.32. The molecule has 1 N–H and O–H groups in total. The highest BCUT2D eigenvalue weighted by atomic mass is 35.5. The zero-order chi connectivity index (χ0) is 17.1. The fourth-order valence-electron chi connectivity index (χ4n) is 2.10. The monoisotopic (exact) mass is 333 g/mol. The van der Waals surface area contributed by atoms with Crippen LogP contribution in [0.2, 0.25) is 0 Å². The molecule has 0 fully saturated rings. The van der Waals surface area contributed by atoms with Gasteiger partial charge in [0.2, 0.25) is 11.6 Å². The lowest BCUT2D eigenvalue weighted by Crippen LogP contribution is -2.24. The van der Waals surface area contributed by atoms with Gasteiger partial charge in [0.15, 0.2) is 0 Å². The summed E-state index contributed by atoms with van der Waals surface area (Å²) in [6, 6.07) is 6.44. The SMILES string of the molecule is CCOC(=O)c1cccc(NC2=C(Cl)C(=O)C(C)=C(C)C2=O)c1. The molecule has 1 aliphatic carbocycles. The van der Waals surface area contributed by atoms with Crippen molar-refractivity contribution in [2.75, 3.05) is 11.9 Å². The molecule has 0 spiro atoms. The number of carbonyl (C=O) groups excluding carboxylic acids is 3. The maximum Gasteiger partial charge on any atom is 0.338 e. The summed E-state index contributed by atoms with van der Waals surface area (Å²) < 4.78 is 4.93. The number of hydrogen-bond acceptors (Lipinski definition) is 5. The Hall–Kier alpha value is -2.40. The number of carbonyl (C=O) groups is 3. The number of ketones is 2. The van der Waals surface area contributed by atoms with Crippen LogP contribution < -0.4 is 5.32 Å². The van der Waals surface area contributed by atoms with Gasteiger partial charge in [-0.1, -0.05) is 17.7 Å². The third kappa shape index (κ3) is 3.35. The predicted octanol–water partition coefficient (Wildman–Crippen LogP) is 3.21. The fourth-order valence-corrected chi connectivity index (χ4v) is 2.38. The molecule has 0 aromatic heterocycles. The molecular formula is C17H16ClNO4. The van der Waals surface area contributed by atoms with E-state index in [1.807, 2.05) is 0 Å². The first-order valence-corrected chi connectivity index (χ1v) is 7.45. The van der Waals surface area contributed by atoms with Gasteiger partial charge < -0.3 is 10.1 Å². The van der Waals surface area contributed by atoms with Crippen molar-refractivity contribution in [3.8, 4) is 0 Å². The van der Waals surface area contributed by atoms with E-state index in [0.717, 1.165) is 0 Å². The number of Topliss-reactive ketones (excluding diaryl/α,β-unsaturated/α-hetero) is 2. The van der Waals surface area contributed by atoms with Crippen LogP contribution >= 0.6 is 11.6 Å².